The lowest BCUT2D eigenvalue weighted by Crippen LogP contribution is -2.74. The van der Waals surface area contributed by atoms with Crippen LogP contribution in [0.25, 0.3) is 0 Å². The fraction of sp³-hybridized carbons (Fsp3) is 0.952. The van der Waals surface area contributed by atoms with Crippen molar-refractivity contribution in [3.05, 3.63) is 0 Å². The minimum absolute atomic E-state index is 0.0942. The van der Waals surface area contributed by atoms with Crippen molar-refractivity contribution in [2.24, 2.45) is 5.92 Å². The minimum atomic E-state index is -8.68. The molecule has 1 atom stereocenters. The number of halogens is 17. The minimum Gasteiger partial charge on any atom is -0.465 e. The zero-order valence-corrected chi connectivity index (χ0v) is 20.7. The monoisotopic (exact) mass is 632 g/mol. The fourth-order valence-corrected chi connectivity index (χ4v) is 3.19. The summed E-state index contributed by atoms with van der Waals surface area (Å²) in [6.07, 6.45) is -10.1. The van der Waals surface area contributed by atoms with Crippen molar-refractivity contribution in [1.82, 2.24) is 0 Å². The molecule has 0 aromatic rings. The summed E-state index contributed by atoms with van der Waals surface area (Å²) in [5.74, 6) is -61.0. The van der Waals surface area contributed by atoms with E-state index in [1.54, 1.807) is 13.8 Å². The zero-order chi connectivity index (χ0) is 32.2. The standard InChI is InChI=1S/C21H25F17O2/c1-3-5-7-8-9-12(13(39)40-10-6-4-2)11-14(22,23)15(24,25)16(26,27)17(28,29)18(30,31)19(32,33)20(34,35)21(36,37)38/h12H,3-11H2,1-2H3. The number of esters is 1. The summed E-state index contributed by atoms with van der Waals surface area (Å²) in [6.45, 7) is 2.71. The van der Waals surface area contributed by atoms with Gasteiger partial charge in [-0.3, -0.25) is 4.79 Å². The average molecular weight is 632 g/mol. The zero-order valence-electron chi connectivity index (χ0n) is 20.7. The maximum atomic E-state index is 14.4. The Labute approximate surface area is 216 Å². The summed E-state index contributed by atoms with van der Waals surface area (Å²) in [4.78, 5) is 12.1. The molecule has 0 aliphatic heterocycles. The molecule has 0 saturated heterocycles. The Morgan fingerprint density at radius 2 is 0.950 bits per heavy atom. The van der Waals surface area contributed by atoms with Crippen LogP contribution in [0.4, 0.5) is 74.6 Å². The van der Waals surface area contributed by atoms with Crippen molar-refractivity contribution < 1.29 is 84.2 Å². The van der Waals surface area contributed by atoms with Gasteiger partial charge in [0.2, 0.25) is 0 Å². The third-order valence-corrected chi connectivity index (χ3v) is 5.77. The Bertz CT molecular complexity index is 820. The Morgan fingerprint density at radius 3 is 1.35 bits per heavy atom. The van der Waals surface area contributed by atoms with Crippen LogP contribution in [0, 0.1) is 5.92 Å². The summed E-state index contributed by atoms with van der Waals surface area (Å²) in [5.41, 5.74) is 0. The van der Waals surface area contributed by atoms with Crippen LogP contribution >= 0.6 is 0 Å². The summed E-state index contributed by atoms with van der Waals surface area (Å²) < 4.78 is 233. The fourth-order valence-electron chi connectivity index (χ4n) is 3.19. The molecule has 0 aromatic carbocycles. The number of rotatable bonds is 17. The number of carbonyl (C=O) groups is 1. The molecule has 240 valence electrons. The van der Waals surface area contributed by atoms with Gasteiger partial charge in [0.25, 0.3) is 0 Å². The third-order valence-electron chi connectivity index (χ3n) is 5.77. The van der Waals surface area contributed by atoms with Crippen molar-refractivity contribution in [2.75, 3.05) is 6.61 Å². The predicted molar refractivity (Wildman–Crippen MR) is 103 cm³/mol. The van der Waals surface area contributed by atoms with E-state index in [-0.39, 0.29) is 19.3 Å². The van der Waals surface area contributed by atoms with E-state index in [1.165, 1.54) is 0 Å². The quantitative estimate of drug-likeness (QED) is 0.0908. The van der Waals surface area contributed by atoms with Crippen LogP contribution in [0.3, 0.4) is 0 Å². The van der Waals surface area contributed by atoms with Gasteiger partial charge in [0, 0.05) is 6.42 Å². The summed E-state index contributed by atoms with van der Waals surface area (Å²) in [7, 11) is 0. The highest BCUT2D eigenvalue weighted by molar-refractivity contribution is 5.72. The molecule has 0 fully saturated rings. The smallest absolute Gasteiger partial charge is 0.460 e. The second kappa shape index (κ2) is 12.7. The van der Waals surface area contributed by atoms with Gasteiger partial charge in [0.05, 0.1) is 12.5 Å². The van der Waals surface area contributed by atoms with Gasteiger partial charge in [-0.2, -0.15) is 74.6 Å². The van der Waals surface area contributed by atoms with Crippen LogP contribution in [0.15, 0.2) is 0 Å². The van der Waals surface area contributed by atoms with E-state index in [2.05, 4.69) is 4.74 Å². The normalized spacial score (nSPS) is 15.8. The van der Waals surface area contributed by atoms with E-state index >= 15 is 0 Å². The van der Waals surface area contributed by atoms with Gasteiger partial charge in [-0.1, -0.05) is 46.0 Å². The average Bonchev–Trinajstić information content (AvgIpc) is 2.79. The van der Waals surface area contributed by atoms with Gasteiger partial charge in [0.15, 0.2) is 0 Å². The van der Waals surface area contributed by atoms with E-state index in [0.717, 1.165) is 0 Å². The van der Waals surface area contributed by atoms with Crippen LogP contribution in [-0.4, -0.2) is 60.2 Å². The van der Waals surface area contributed by atoms with Crippen LogP contribution < -0.4 is 0 Å². The van der Waals surface area contributed by atoms with Crippen molar-refractivity contribution in [3.8, 4) is 0 Å². The van der Waals surface area contributed by atoms with Crippen LogP contribution in [-0.2, 0) is 9.53 Å². The molecule has 19 heteroatoms. The number of unbranched alkanes of at least 4 members (excludes halogenated alkanes) is 4. The number of alkyl halides is 17. The van der Waals surface area contributed by atoms with Crippen molar-refractivity contribution in [3.63, 3.8) is 0 Å². The molecule has 0 bridgehead atoms. The summed E-state index contributed by atoms with van der Waals surface area (Å²) in [5, 5.41) is 0. The molecule has 0 radical (unpaired) electrons. The number of carbonyl (C=O) groups excluding carboxylic acids is 1. The highest BCUT2D eigenvalue weighted by Crippen LogP contribution is 2.64. The highest BCUT2D eigenvalue weighted by Gasteiger charge is 2.95. The lowest BCUT2D eigenvalue weighted by Gasteiger charge is -2.43. The first-order valence-corrected chi connectivity index (χ1v) is 11.5. The van der Waals surface area contributed by atoms with Gasteiger partial charge in [-0.05, 0) is 12.8 Å². The Hall–Kier alpha value is -1.72. The van der Waals surface area contributed by atoms with Crippen molar-refractivity contribution in [2.45, 2.75) is 113 Å². The molecule has 1 unspecified atom stereocenters. The molecule has 0 aliphatic rings. The molecular formula is C21H25F17O2. The summed E-state index contributed by atoms with van der Waals surface area (Å²) in [6, 6.07) is 0. The Morgan fingerprint density at radius 1 is 0.550 bits per heavy atom. The van der Waals surface area contributed by atoms with E-state index in [4.69, 9.17) is 0 Å². The van der Waals surface area contributed by atoms with E-state index in [0.29, 0.717) is 19.3 Å². The molecule has 0 rings (SSSR count). The molecule has 0 saturated carbocycles. The maximum Gasteiger partial charge on any atom is 0.460 e. The van der Waals surface area contributed by atoms with Gasteiger partial charge in [-0.25, -0.2) is 0 Å². The third kappa shape index (κ3) is 6.84. The Balaban J connectivity index is 6.52. The molecule has 0 aromatic heterocycles. The topological polar surface area (TPSA) is 26.3 Å². The molecule has 2 nitrogen and oxygen atoms in total. The predicted octanol–water partition coefficient (Wildman–Crippen LogP) is 9.32. The number of hydrogen-bond donors (Lipinski definition) is 0. The van der Waals surface area contributed by atoms with Crippen LogP contribution in [0.2, 0.25) is 0 Å². The SMILES string of the molecule is CCCCCCC(CC(F)(F)C(F)(F)C(F)(F)C(F)(F)C(F)(F)C(F)(F)C(F)(F)C(F)(F)F)C(=O)OCCCC. The summed E-state index contributed by atoms with van der Waals surface area (Å²) >= 11 is 0. The van der Waals surface area contributed by atoms with Crippen LogP contribution in [0.5, 0.6) is 0 Å². The van der Waals surface area contributed by atoms with Crippen LogP contribution in [0.1, 0.15) is 65.2 Å². The number of hydrogen-bond acceptors (Lipinski definition) is 2. The molecule has 0 N–H and O–H groups in total. The molecule has 40 heavy (non-hydrogen) atoms. The van der Waals surface area contributed by atoms with E-state index in [9.17, 15) is 79.4 Å². The second-order valence-electron chi connectivity index (χ2n) is 8.92. The second-order valence-corrected chi connectivity index (χ2v) is 8.92. The number of ether oxygens (including phenoxy) is 1. The van der Waals surface area contributed by atoms with E-state index in [1.807, 2.05) is 0 Å². The van der Waals surface area contributed by atoms with Gasteiger partial charge in [0.1, 0.15) is 0 Å². The van der Waals surface area contributed by atoms with Crippen molar-refractivity contribution >= 4 is 5.97 Å². The molecule has 0 spiro atoms. The first-order chi connectivity index (χ1) is 17.7. The largest absolute Gasteiger partial charge is 0.465 e. The first kappa shape index (κ1) is 38.3. The lowest BCUT2D eigenvalue weighted by atomic mass is 9.85. The molecule has 0 heterocycles. The Kier molecular flexibility index (Phi) is 12.1. The van der Waals surface area contributed by atoms with Gasteiger partial charge >= 0.3 is 53.6 Å². The lowest BCUT2D eigenvalue weighted by molar-refractivity contribution is -0.462. The van der Waals surface area contributed by atoms with Gasteiger partial charge < -0.3 is 4.74 Å². The van der Waals surface area contributed by atoms with E-state index < -0.39 is 79.0 Å². The molecule has 0 amide bonds. The molecule has 0 aliphatic carbocycles. The van der Waals surface area contributed by atoms with Crippen molar-refractivity contribution in [1.29, 1.82) is 0 Å². The van der Waals surface area contributed by atoms with Gasteiger partial charge in [-0.15, -0.1) is 0 Å². The first-order valence-electron chi connectivity index (χ1n) is 11.5. The highest BCUT2D eigenvalue weighted by atomic mass is 19.4. The molecular weight excluding hydrogens is 607 g/mol. The maximum absolute atomic E-state index is 14.4.